The van der Waals surface area contributed by atoms with Crippen molar-refractivity contribution >= 4 is 11.4 Å². The molecule has 21 heavy (non-hydrogen) atoms. The minimum Gasteiger partial charge on any atom is -0.367 e. The smallest absolute Gasteiger partial charge is 0.270 e. The average Bonchev–Trinajstić information content (AvgIpc) is 2.96. The Bertz CT molecular complexity index is 567. The van der Waals surface area contributed by atoms with E-state index in [1.165, 1.54) is 12.1 Å². The second-order valence-corrected chi connectivity index (χ2v) is 5.35. The third kappa shape index (κ3) is 2.98. The van der Waals surface area contributed by atoms with Crippen LogP contribution in [-0.2, 0) is 0 Å². The largest absolute Gasteiger partial charge is 0.367 e. The lowest BCUT2D eigenvalue weighted by atomic mass is 10.0. The Hall–Kier alpha value is -2.13. The Balaban J connectivity index is 2.38. The molecule has 1 fully saturated rings. The molecule has 0 saturated heterocycles. The van der Waals surface area contributed by atoms with E-state index in [4.69, 9.17) is 5.73 Å². The van der Waals surface area contributed by atoms with E-state index < -0.39 is 4.92 Å². The number of nitro benzene ring substituents is 1. The van der Waals surface area contributed by atoms with Gasteiger partial charge in [-0.25, -0.2) is 0 Å². The molecule has 0 spiro atoms. The molecule has 1 aromatic rings. The van der Waals surface area contributed by atoms with E-state index in [0.717, 1.165) is 31.5 Å². The van der Waals surface area contributed by atoms with Gasteiger partial charge in [0.2, 0.25) is 0 Å². The maximum atomic E-state index is 10.8. The summed E-state index contributed by atoms with van der Waals surface area (Å²) in [5.74, 6) is 0.423. The van der Waals surface area contributed by atoms with Crippen LogP contribution in [0.2, 0.25) is 0 Å². The molecule has 1 aliphatic carbocycles. The van der Waals surface area contributed by atoms with Crippen molar-refractivity contribution in [2.24, 2.45) is 11.7 Å². The van der Waals surface area contributed by atoms with E-state index >= 15 is 0 Å². The molecule has 0 radical (unpaired) electrons. The predicted octanol–water partition coefficient (Wildman–Crippen LogP) is 2.42. The van der Waals surface area contributed by atoms with Gasteiger partial charge in [-0.3, -0.25) is 10.1 Å². The van der Waals surface area contributed by atoms with Gasteiger partial charge in [0, 0.05) is 24.7 Å². The fourth-order valence-corrected chi connectivity index (χ4v) is 3.26. The normalized spacial score (nSPS) is 21.0. The van der Waals surface area contributed by atoms with Crippen molar-refractivity contribution in [3.63, 3.8) is 0 Å². The molecule has 0 heterocycles. The van der Waals surface area contributed by atoms with Crippen LogP contribution in [0.25, 0.3) is 0 Å². The number of nitro groups is 1. The van der Waals surface area contributed by atoms with Crippen LogP contribution in [0, 0.1) is 27.4 Å². The van der Waals surface area contributed by atoms with E-state index in [1.54, 1.807) is 6.07 Å². The van der Waals surface area contributed by atoms with Crippen LogP contribution >= 0.6 is 0 Å². The summed E-state index contributed by atoms with van der Waals surface area (Å²) in [7, 11) is 0. The first-order valence-electron chi connectivity index (χ1n) is 7.27. The molecule has 2 unspecified atom stereocenters. The van der Waals surface area contributed by atoms with Crippen LogP contribution in [-0.4, -0.2) is 24.1 Å². The number of benzene rings is 1. The second-order valence-electron chi connectivity index (χ2n) is 5.35. The highest BCUT2D eigenvalue weighted by atomic mass is 16.6. The summed E-state index contributed by atoms with van der Waals surface area (Å²) in [5.41, 5.74) is 6.93. The van der Waals surface area contributed by atoms with E-state index in [9.17, 15) is 15.4 Å². The quantitative estimate of drug-likeness (QED) is 0.663. The highest BCUT2D eigenvalue weighted by Gasteiger charge is 2.31. The van der Waals surface area contributed by atoms with Crippen LogP contribution in [0.4, 0.5) is 11.4 Å². The highest BCUT2D eigenvalue weighted by Crippen LogP contribution is 2.34. The molecule has 112 valence electrons. The van der Waals surface area contributed by atoms with Crippen LogP contribution in [0.1, 0.15) is 31.7 Å². The van der Waals surface area contributed by atoms with Gasteiger partial charge in [-0.2, -0.15) is 5.26 Å². The third-order valence-corrected chi connectivity index (χ3v) is 4.28. The number of rotatable bonds is 5. The topological polar surface area (TPSA) is 96.2 Å². The Labute approximate surface area is 124 Å². The van der Waals surface area contributed by atoms with Crippen molar-refractivity contribution in [2.45, 2.75) is 32.2 Å². The standard InChI is InChI=1S/C15H20N4O2/c1-2-18(14-5-3-4-11(14)9-16)15-7-6-13(19(20)21)8-12(15)10-17/h6-8,11,14H,2-5,9,16H2,1H3. The third-order valence-electron chi connectivity index (χ3n) is 4.28. The van der Waals surface area contributed by atoms with Crippen molar-refractivity contribution < 1.29 is 4.92 Å². The number of hydrogen-bond donors (Lipinski definition) is 1. The molecule has 0 aromatic heterocycles. The molecule has 2 N–H and O–H groups in total. The summed E-state index contributed by atoms with van der Waals surface area (Å²) in [6.45, 7) is 3.43. The number of anilines is 1. The predicted molar refractivity (Wildman–Crippen MR) is 81.0 cm³/mol. The van der Waals surface area contributed by atoms with E-state index in [1.807, 2.05) is 6.92 Å². The molecule has 1 aromatic carbocycles. The summed E-state index contributed by atoms with van der Waals surface area (Å²) in [4.78, 5) is 12.5. The molecule has 0 bridgehead atoms. The lowest BCUT2D eigenvalue weighted by molar-refractivity contribution is -0.384. The molecule has 1 aliphatic rings. The Morgan fingerprint density at radius 3 is 2.86 bits per heavy atom. The SMILES string of the molecule is CCN(c1ccc([N+](=O)[O-])cc1C#N)C1CCCC1CN. The van der Waals surface area contributed by atoms with Gasteiger partial charge in [0.05, 0.1) is 16.2 Å². The number of hydrogen-bond acceptors (Lipinski definition) is 5. The number of nitriles is 1. The van der Waals surface area contributed by atoms with Crippen molar-refractivity contribution in [3.05, 3.63) is 33.9 Å². The molecule has 2 rings (SSSR count). The highest BCUT2D eigenvalue weighted by molar-refractivity contribution is 5.63. The molecule has 1 saturated carbocycles. The maximum Gasteiger partial charge on any atom is 0.270 e. The molecule has 0 amide bonds. The van der Waals surface area contributed by atoms with Gasteiger partial charge < -0.3 is 10.6 Å². The van der Waals surface area contributed by atoms with E-state index in [-0.39, 0.29) is 5.69 Å². The zero-order valence-electron chi connectivity index (χ0n) is 12.2. The monoisotopic (exact) mass is 288 g/mol. The molecular weight excluding hydrogens is 268 g/mol. The van der Waals surface area contributed by atoms with Crippen LogP contribution in [0.3, 0.4) is 0 Å². The summed E-state index contributed by atoms with van der Waals surface area (Å²) >= 11 is 0. The first kappa shape index (κ1) is 15.3. The van der Waals surface area contributed by atoms with Gasteiger partial charge in [0.15, 0.2) is 0 Å². The molecule has 6 nitrogen and oxygen atoms in total. The van der Waals surface area contributed by atoms with Gasteiger partial charge in [-0.1, -0.05) is 6.42 Å². The minimum atomic E-state index is -0.473. The van der Waals surface area contributed by atoms with Crippen molar-refractivity contribution in [1.82, 2.24) is 0 Å². The Morgan fingerprint density at radius 1 is 1.52 bits per heavy atom. The van der Waals surface area contributed by atoms with Crippen molar-refractivity contribution in [1.29, 1.82) is 5.26 Å². The summed E-state index contributed by atoms with van der Waals surface area (Å²) in [6, 6.07) is 6.90. The Morgan fingerprint density at radius 2 is 2.29 bits per heavy atom. The van der Waals surface area contributed by atoms with Gasteiger partial charge in [0.25, 0.3) is 5.69 Å². The van der Waals surface area contributed by atoms with Crippen LogP contribution in [0.5, 0.6) is 0 Å². The van der Waals surface area contributed by atoms with Gasteiger partial charge in [0.1, 0.15) is 6.07 Å². The molecule has 6 heteroatoms. The molecule has 2 atom stereocenters. The maximum absolute atomic E-state index is 10.8. The number of nitrogens with zero attached hydrogens (tertiary/aromatic N) is 3. The first-order chi connectivity index (χ1) is 10.1. The van der Waals surface area contributed by atoms with Crippen LogP contribution < -0.4 is 10.6 Å². The lowest BCUT2D eigenvalue weighted by Crippen LogP contribution is -2.40. The summed E-state index contributed by atoms with van der Waals surface area (Å²) in [5, 5.41) is 20.2. The number of nitrogens with two attached hydrogens (primary N) is 1. The zero-order chi connectivity index (χ0) is 15.4. The van der Waals surface area contributed by atoms with Gasteiger partial charge in [-0.05, 0) is 38.3 Å². The van der Waals surface area contributed by atoms with Crippen LogP contribution in [0.15, 0.2) is 18.2 Å². The lowest BCUT2D eigenvalue weighted by Gasteiger charge is -2.34. The van der Waals surface area contributed by atoms with E-state index in [2.05, 4.69) is 11.0 Å². The van der Waals surface area contributed by atoms with E-state index in [0.29, 0.717) is 24.1 Å². The minimum absolute atomic E-state index is 0.0480. The van der Waals surface area contributed by atoms with Crippen molar-refractivity contribution in [3.8, 4) is 6.07 Å². The fourth-order valence-electron chi connectivity index (χ4n) is 3.26. The fraction of sp³-hybridized carbons (Fsp3) is 0.533. The molecular formula is C15H20N4O2. The van der Waals surface area contributed by atoms with Crippen molar-refractivity contribution in [2.75, 3.05) is 18.0 Å². The van der Waals surface area contributed by atoms with Gasteiger partial charge >= 0.3 is 0 Å². The average molecular weight is 288 g/mol. The molecule has 0 aliphatic heterocycles. The second kappa shape index (κ2) is 6.55. The zero-order valence-corrected chi connectivity index (χ0v) is 12.2. The van der Waals surface area contributed by atoms with Gasteiger partial charge in [-0.15, -0.1) is 0 Å². The Kier molecular flexibility index (Phi) is 4.76. The number of non-ortho nitro benzene ring substituents is 1. The first-order valence-corrected chi connectivity index (χ1v) is 7.27. The summed E-state index contributed by atoms with van der Waals surface area (Å²) in [6.07, 6.45) is 3.29. The summed E-state index contributed by atoms with van der Waals surface area (Å²) < 4.78 is 0.